The molecule has 2 nitrogen and oxygen atoms in total. The highest BCUT2D eigenvalue weighted by Gasteiger charge is 2.02. The highest BCUT2D eigenvalue weighted by molar-refractivity contribution is 9.10. The number of nitriles is 1. The highest BCUT2D eigenvalue weighted by Crippen LogP contribution is 2.15. The van der Waals surface area contributed by atoms with Gasteiger partial charge in [0.15, 0.2) is 0 Å². The second-order valence-electron chi connectivity index (χ2n) is 2.81. The largest absolute Gasteiger partial charge is 0.298 e. The van der Waals surface area contributed by atoms with Crippen molar-refractivity contribution in [3.63, 3.8) is 0 Å². The third-order valence-electron chi connectivity index (χ3n) is 1.86. The molecule has 1 rings (SSSR count). The fourth-order valence-corrected chi connectivity index (χ4v) is 1.33. The second-order valence-corrected chi connectivity index (χ2v) is 3.73. The lowest BCUT2D eigenvalue weighted by Gasteiger charge is -2.11. The number of hydrogen-bond donors (Lipinski definition) is 1. The van der Waals surface area contributed by atoms with Crippen LogP contribution >= 0.6 is 15.9 Å². The fourth-order valence-electron chi connectivity index (χ4n) is 1.07. The molecule has 3 heteroatoms. The van der Waals surface area contributed by atoms with E-state index < -0.39 is 0 Å². The molecule has 0 saturated carbocycles. The number of hydrogen-bond acceptors (Lipinski definition) is 2. The zero-order chi connectivity index (χ0) is 9.68. The van der Waals surface area contributed by atoms with Crippen molar-refractivity contribution in [3.05, 3.63) is 34.3 Å². The van der Waals surface area contributed by atoms with Crippen LogP contribution in [0.4, 0.5) is 0 Å². The van der Waals surface area contributed by atoms with Gasteiger partial charge in [0, 0.05) is 10.5 Å². The lowest BCUT2D eigenvalue weighted by atomic mass is 10.1. The molecule has 0 spiro atoms. The van der Waals surface area contributed by atoms with Crippen LogP contribution in [0, 0.1) is 11.3 Å². The summed E-state index contributed by atoms with van der Waals surface area (Å²) < 4.78 is 1.07. The van der Waals surface area contributed by atoms with Gasteiger partial charge in [-0.2, -0.15) is 5.26 Å². The van der Waals surface area contributed by atoms with E-state index in [2.05, 4.69) is 27.3 Å². The number of halogens is 1. The standard InChI is InChI=1S/C10H11BrN2/c1-8(13-7-6-12)9-2-4-10(11)5-3-9/h2-5,8,13H,7H2,1H3/t8-/m1/s1. The molecule has 1 N–H and O–H groups in total. The van der Waals surface area contributed by atoms with Gasteiger partial charge in [-0.1, -0.05) is 28.1 Å². The van der Waals surface area contributed by atoms with E-state index in [0.717, 1.165) is 4.47 Å². The lowest BCUT2D eigenvalue weighted by Crippen LogP contribution is -2.18. The van der Waals surface area contributed by atoms with E-state index in [1.54, 1.807) is 0 Å². The zero-order valence-corrected chi connectivity index (χ0v) is 9.01. The molecule has 0 unspecified atom stereocenters. The topological polar surface area (TPSA) is 35.8 Å². The molecule has 0 amide bonds. The minimum Gasteiger partial charge on any atom is -0.298 e. The first-order chi connectivity index (χ1) is 6.24. The zero-order valence-electron chi connectivity index (χ0n) is 7.42. The van der Waals surface area contributed by atoms with Crippen LogP contribution in [0.25, 0.3) is 0 Å². The van der Waals surface area contributed by atoms with Crippen LogP contribution in [0.2, 0.25) is 0 Å². The van der Waals surface area contributed by atoms with Gasteiger partial charge >= 0.3 is 0 Å². The first-order valence-corrected chi connectivity index (χ1v) is 4.89. The van der Waals surface area contributed by atoms with Crippen molar-refractivity contribution in [2.24, 2.45) is 0 Å². The Balaban J connectivity index is 2.62. The maximum absolute atomic E-state index is 8.39. The maximum Gasteiger partial charge on any atom is 0.0845 e. The number of rotatable bonds is 3. The van der Waals surface area contributed by atoms with Crippen molar-refractivity contribution in [1.82, 2.24) is 5.32 Å². The van der Waals surface area contributed by atoms with Gasteiger partial charge in [-0.15, -0.1) is 0 Å². The molecule has 0 aliphatic heterocycles. The van der Waals surface area contributed by atoms with Crippen molar-refractivity contribution in [1.29, 1.82) is 5.26 Å². The molecule has 0 fully saturated rings. The number of nitrogens with one attached hydrogen (secondary N) is 1. The molecule has 1 aromatic carbocycles. The predicted octanol–water partition coefficient (Wildman–Crippen LogP) is 2.62. The van der Waals surface area contributed by atoms with E-state index in [1.165, 1.54) is 5.56 Å². The quantitative estimate of drug-likeness (QED) is 0.823. The minimum absolute atomic E-state index is 0.229. The van der Waals surface area contributed by atoms with Crippen LogP contribution in [0.1, 0.15) is 18.5 Å². The Morgan fingerprint density at radius 3 is 2.62 bits per heavy atom. The summed E-state index contributed by atoms with van der Waals surface area (Å²) in [7, 11) is 0. The number of benzene rings is 1. The summed E-state index contributed by atoms with van der Waals surface area (Å²) >= 11 is 3.37. The third-order valence-corrected chi connectivity index (χ3v) is 2.39. The summed E-state index contributed by atoms with van der Waals surface area (Å²) in [6.07, 6.45) is 0. The van der Waals surface area contributed by atoms with E-state index in [1.807, 2.05) is 31.2 Å². The molecule has 1 atom stereocenters. The fraction of sp³-hybridized carbons (Fsp3) is 0.300. The highest BCUT2D eigenvalue weighted by atomic mass is 79.9. The average molecular weight is 239 g/mol. The molecule has 0 bridgehead atoms. The van der Waals surface area contributed by atoms with Crippen molar-refractivity contribution < 1.29 is 0 Å². The second kappa shape index (κ2) is 5.00. The summed E-state index contributed by atoms with van der Waals surface area (Å²) in [6, 6.07) is 10.4. The van der Waals surface area contributed by atoms with Crippen LogP contribution in [0.15, 0.2) is 28.7 Å². The summed E-state index contributed by atoms with van der Waals surface area (Å²) in [6.45, 7) is 2.43. The van der Waals surface area contributed by atoms with Crippen LogP contribution < -0.4 is 5.32 Å². The van der Waals surface area contributed by atoms with Crippen molar-refractivity contribution in [3.8, 4) is 6.07 Å². The van der Waals surface area contributed by atoms with Gasteiger partial charge < -0.3 is 0 Å². The van der Waals surface area contributed by atoms with E-state index >= 15 is 0 Å². The van der Waals surface area contributed by atoms with Crippen molar-refractivity contribution in [2.45, 2.75) is 13.0 Å². The summed E-state index contributed by atoms with van der Waals surface area (Å²) in [5.74, 6) is 0. The molecule has 13 heavy (non-hydrogen) atoms. The molecular weight excluding hydrogens is 228 g/mol. The first-order valence-electron chi connectivity index (χ1n) is 4.10. The number of nitrogens with zero attached hydrogens (tertiary/aromatic N) is 1. The van der Waals surface area contributed by atoms with Gasteiger partial charge in [-0.25, -0.2) is 0 Å². The van der Waals surface area contributed by atoms with E-state index in [4.69, 9.17) is 5.26 Å². The van der Waals surface area contributed by atoms with Crippen LogP contribution in [0.5, 0.6) is 0 Å². The minimum atomic E-state index is 0.229. The van der Waals surface area contributed by atoms with Crippen LogP contribution in [0.3, 0.4) is 0 Å². The molecule has 0 radical (unpaired) electrons. The van der Waals surface area contributed by atoms with Crippen LogP contribution in [-0.4, -0.2) is 6.54 Å². The first kappa shape index (κ1) is 10.2. The average Bonchev–Trinajstić information content (AvgIpc) is 2.15. The van der Waals surface area contributed by atoms with E-state index in [9.17, 15) is 0 Å². The monoisotopic (exact) mass is 238 g/mol. The normalized spacial score (nSPS) is 12.1. The summed E-state index contributed by atoms with van der Waals surface area (Å²) in [5.41, 5.74) is 1.19. The maximum atomic E-state index is 8.39. The Bertz CT molecular complexity index is 300. The Hall–Kier alpha value is -0.850. The van der Waals surface area contributed by atoms with E-state index in [-0.39, 0.29) is 6.04 Å². The Morgan fingerprint density at radius 1 is 1.46 bits per heavy atom. The smallest absolute Gasteiger partial charge is 0.0845 e. The SMILES string of the molecule is C[C@@H](NCC#N)c1ccc(Br)cc1. The van der Waals surface area contributed by atoms with Gasteiger partial charge in [-0.05, 0) is 24.6 Å². The summed E-state index contributed by atoms with van der Waals surface area (Å²) in [5, 5.41) is 11.5. The van der Waals surface area contributed by atoms with Gasteiger partial charge in [-0.3, -0.25) is 5.32 Å². The van der Waals surface area contributed by atoms with Gasteiger partial charge in [0.05, 0.1) is 12.6 Å². The Labute approximate surface area is 86.7 Å². The third kappa shape index (κ3) is 3.17. The van der Waals surface area contributed by atoms with E-state index in [0.29, 0.717) is 6.54 Å². The molecule has 0 heterocycles. The molecule has 1 aromatic rings. The molecule has 0 aliphatic carbocycles. The summed E-state index contributed by atoms with van der Waals surface area (Å²) in [4.78, 5) is 0. The van der Waals surface area contributed by atoms with Crippen molar-refractivity contribution >= 4 is 15.9 Å². The van der Waals surface area contributed by atoms with Gasteiger partial charge in [0.25, 0.3) is 0 Å². The van der Waals surface area contributed by atoms with Gasteiger partial charge in [0.1, 0.15) is 0 Å². The predicted molar refractivity (Wildman–Crippen MR) is 56.2 cm³/mol. The van der Waals surface area contributed by atoms with Crippen LogP contribution in [-0.2, 0) is 0 Å². The molecule has 0 saturated heterocycles. The molecule has 0 aromatic heterocycles. The Morgan fingerprint density at radius 2 is 2.08 bits per heavy atom. The molecule has 0 aliphatic rings. The Kier molecular flexibility index (Phi) is 3.94. The lowest BCUT2D eigenvalue weighted by molar-refractivity contribution is 0.621. The van der Waals surface area contributed by atoms with Crippen molar-refractivity contribution in [2.75, 3.05) is 6.54 Å². The molecule has 68 valence electrons. The molecular formula is C10H11BrN2. The van der Waals surface area contributed by atoms with Gasteiger partial charge in [0.2, 0.25) is 0 Å².